The van der Waals surface area contributed by atoms with E-state index in [2.05, 4.69) is 0 Å². The number of halogens is 2. The van der Waals surface area contributed by atoms with Crippen LogP contribution in [0.1, 0.15) is 35.8 Å². The Hall–Kier alpha value is -2.63. The number of nitrogens with zero attached hydrogens (tertiary/aromatic N) is 1. The van der Waals surface area contributed by atoms with Gasteiger partial charge in [0.25, 0.3) is 5.91 Å². The summed E-state index contributed by atoms with van der Waals surface area (Å²) in [5.41, 5.74) is 0.921. The Kier molecular flexibility index (Phi) is 5.96. The summed E-state index contributed by atoms with van der Waals surface area (Å²) in [5.74, 6) is -1.10. The minimum atomic E-state index is -0.937. The predicted molar refractivity (Wildman–Crippen MR) is 91.0 cm³/mol. The van der Waals surface area contributed by atoms with Crippen molar-refractivity contribution >= 4 is 5.91 Å². The first-order valence-electron chi connectivity index (χ1n) is 7.92. The van der Waals surface area contributed by atoms with Gasteiger partial charge in [0.2, 0.25) is 0 Å². The summed E-state index contributed by atoms with van der Waals surface area (Å²) in [6.07, 6.45) is 0. The minimum Gasteiger partial charge on any atom is -0.493 e. The Bertz CT molecular complexity index is 764. The number of amides is 1. The lowest BCUT2D eigenvalue weighted by molar-refractivity contribution is 0.0742. The fourth-order valence-corrected chi connectivity index (χ4v) is 2.45. The zero-order chi connectivity index (χ0) is 18.6. The van der Waals surface area contributed by atoms with Crippen LogP contribution in [0, 0.1) is 11.6 Å². The monoisotopic (exact) mass is 349 g/mol. The van der Waals surface area contributed by atoms with Gasteiger partial charge in [0.05, 0.1) is 19.8 Å². The molecule has 1 atom stereocenters. The Morgan fingerprint density at radius 1 is 1.12 bits per heavy atom. The van der Waals surface area contributed by atoms with Gasteiger partial charge in [0, 0.05) is 12.6 Å². The number of hydrogen-bond donors (Lipinski definition) is 0. The maximum absolute atomic E-state index is 13.4. The van der Waals surface area contributed by atoms with Crippen molar-refractivity contribution in [2.75, 3.05) is 20.8 Å². The molecule has 0 aromatic heterocycles. The van der Waals surface area contributed by atoms with E-state index in [9.17, 15) is 13.6 Å². The molecule has 4 nitrogen and oxygen atoms in total. The van der Waals surface area contributed by atoms with E-state index in [1.165, 1.54) is 18.1 Å². The Morgan fingerprint density at radius 3 is 2.44 bits per heavy atom. The van der Waals surface area contributed by atoms with Gasteiger partial charge in [0.15, 0.2) is 23.1 Å². The van der Waals surface area contributed by atoms with Crippen LogP contribution in [0.4, 0.5) is 8.78 Å². The molecule has 0 fully saturated rings. The van der Waals surface area contributed by atoms with Gasteiger partial charge in [-0.3, -0.25) is 4.79 Å². The molecule has 0 aliphatic carbocycles. The maximum atomic E-state index is 13.4. The molecular formula is C19H21F2NO3. The SMILES string of the molecule is CCOc1ccc(C(=O)N(C)C(C)c2ccc(F)c(F)c2)cc1OC. The molecule has 0 radical (unpaired) electrons. The highest BCUT2D eigenvalue weighted by atomic mass is 19.2. The molecule has 0 N–H and O–H groups in total. The van der Waals surface area contributed by atoms with E-state index in [4.69, 9.17) is 9.47 Å². The largest absolute Gasteiger partial charge is 0.493 e. The molecular weight excluding hydrogens is 328 g/mol. The van der Waals surface area contributed by atoms with E-state index in [1.54, 1.807) is 32.2 Å². The van der Waals surface area contributed by atoms with Gasteiger partial charge in [-0.25, -0.2) is 8.78 Å². The van der Waals surface area contributed by atoms with Crippen molar-refractivity contribution < 1.29 is 23.0 Å². The van der Waals surface area contributed by atoms with Crippen molar-refractivity contribution in [1.82, 2.24) is 4.90 Å². The third-order valence-corrected chi connectivity index (χ3v) is 4.04. The van der Waals surface area contributed by atoms with Gasteiger partial charge in [-0.15, -0.1) is 0 Å². The molecule has 1 amide bonds. The third-order valence-electron chi connectivity index (χ3n) is 4.04. The normalized spacial score (nSPS) is 11.8. The number of hydrogen-bond acceptors (Lipinski definition) is 3. The summed E-state index contributed by atoms with van der Waals surface area (Å²) in [7, 11) is 3.11. The van der Waals surface area contributed by atoms with Gasteiger partial charge in [-0.1, -0.05) is 6.07 Å². The van der Waals surface area contributed by atoms with Crippen LogP contribution in [0.5, 0.6) is 11.5 Å². The van der Waals surface area contributed by atoms with Crippen molar-refractivity contribution in [2.24, 2.45) is 0 Å². The molecule has 0 saturated carbocycles. The van der Waals surface area contributed by atoms with E-state index in [-0.39, 0.29) is 5.91 Å². The average Bonchev–Trinajstić information content (AvgIpc) is 2.62. The molecule has 0 spiro atoms. The van der Waals surface area contributed by atoms with Crippen molar-refractivity contribution in [2.45, 2.75) is 19.9 Å². The standard InChI is InChI=1S/C19H21F2NO3/c1-5-25-17-9-7-14(11-18(17)24-4)19(23)22(3)12(2)13-6-8-15(20)16(21)10-13/h6-12H,5H2,1-4H3. The van der Waals surface area contributed by atoms with Gasteiger partial charge < -0.3 is 14.4 Å². The molecule has 134 valence electrons. The first-order chi connectivity index (χ1) is 11.9. The molecule has 0 bridgehead atoms. The maximum Gasteiger partial charge on any atom is 0.254 e. The number of benzene rings is 2. The van der Waals surface area contributed by atoms with Crippen molar-refractivity contribution in [1.29, 1.82) is 0 Å². The lowest BCUT2D eigenvalue weighted by atomic mass is 10.1. The minimum absolute atomic E-state index is 0.265. The van der Waals surface area contributed by atoms with Crippen LogP contribution in [0.15, 0.2) is 36.4 Å². The molecule has 1 unspecified atom stereocenters. The van der Waals surface area contributed by atoms with Crippen LogP contribution in [0.2, 0.25) is 0 Å². The van der Waals surface area contributed by atoms with Gasteiger partial charge >= 0.3 is 0 Å². The van der Waals surface area contributed by atoms with Crippen LogP contribution in [-0.2, 0) is 0 Å². The van der Waals surface area contributed by atoms with E-state index in [1.807, 2.05) is 6.92 Å². The topological polar surface area (TPSA) is 38.8 Å². The Balaban J connectivity index is 2.25. The molecule has 6 heteroatoms. The predicted octanol–water partition coefficient (Wildman–Crippen LogP) is 4.21. The summed E-state index contributed by atoms with van der Waals surface area (Å²) >= 11 is 0. The van der Waals surface area contributed by atoms with Gasteiger partial charge in [0.1, 0.15) is 0 Å². The second-order valence-corrected chi connectivity index (χ2v) is 5.56. The Morgan fingerprint density at radius 2 is 1.84 bits per heavy atom. The highest BCUT2D eigenvalue weighted by Crippen LogP contribution is 2.30. The fourth-order valence-electron chi connectivity index (χ4n) is 2.45. The highest BCUT2D eigenvalue weighted by Gasteiger charge is 2.21. The number of carbonyl (C=O) groups is 1. The quantitative estimate of drug-likeness (QED) is 0.784. The fraction of sp³-hybridized carbons (Fsp3) is 0.316. The summed E-state index contributed by atoms with van der Waals surface area (Å²) in [4.78, 5) is 14.2. The summed E-state index contributed by atoms with van der Waals surface area (Å²) in [6.45, 7) is 4.09. The summed E-state index contributed by atoms with van der Waals surface area (Å²) in [5, 5.41) is 0. The number of rotatable bonds is 6. The zero-order valence-corrected chi connectivity index (χ0v) is 14.7. The van der Waals surface area contributed by atoms with Crippen molar-refractivity contribution in [3.05, 3.63) is 59.2 Å². The molecule has 0 saturated heterocycles. The first kappa shape index (κ1) is 18.7. The number of ether oxygens (including phenoxy) is 2. The zero-order valence-electron chi connectivity index (χ0n) is 14.7. The van der Waals surface area contributed by atoms with E-state index in [0.717, 1.165) is 12.1 Å². The molecule has 2 rings (SSSR count). The lowest BCUT2D eigenvalue weighted by Crippen LogP contribution is -2.29. The van der Waals surface area contributed by atoms with Gasteiger partial charge in [-0.05, 0) is 49.7 Å². The van der Waals surface area contributed by atoms with E-state index >= 15 is 0 Å². The molecule has 25 heavy (non-hydrogen) atoms. The van der Waals surface area contributed by atoms with Crippen LogP contribution >= 0.6 is 0 Å². The van der Waals surface area contributed by atoms with E-state index < -0.39 is 17.7 Å². The third kappa shape index (κ3) is 4.07. The first-order valence-corrected chi connectivity index (χ1v) is 7.92. The van der Waals surface area contributed by atoms with E-state index in [0.29, 0.717) is 29.2 Å². The smallest absolute Gasteiger partial charge is 0.254 e. The molecule has 2 aromatic rings. The Labute approximate surface area is 146 Å². The summed E-state index contributed by atoms with van der Waals surface area (Å²) < 4.78 is 37.2. The van der Waals surface area contributed by atoms with Crippen LogP contribution in [-0.4, -0.2) is 31.6 Å². The average molecular weight is 349 g/mol. The lowest BCUT2D eigenvalue weighted by Gasteiger charge is -2.26. The molecule has 0 aliphatic heterocycles. The highest BCUT2D eigenvalue weighted by molar-refractivity contribution is 5.95. The molecule has 0 aliphatic rings. The second-order valence-electron chi connectivity index (χ2n) is 5.56. The van der Waals surface area contributed by atoms with Crippen molar-refractivity contribution in [3.63, 3.8) is 0 Å². The number of carbonyl (C=O) groups excluding carboxylic acids is 1. The number of methoxy groups -OCH3 is 1. The van der Waals surface area contributed by atoms with Crippen LogP contribution in [0.3, 0.4) is 0 Å². The van der Waals surface area contributed by atoms with Crippen molar-refractivity contribution in [3.8, 4) is 11.5 Å². The molecule has 2 aromatic carbocycles. The molecule has 0 heterocycles. The summed E-state index contributed by atoms with van der Waals surface area (Å²) in [6, 6.07) is 8.10. The van der Waals surface area contributed by atoms with Crippen LogP contribution < -0.4 is 9.47 Å². The van der Waals surface area contributed by atoms with Crippen LogP contribution in [0.25, 0.3) is 0 Å². The second kappa shape index (κ2) is 7.96. The van der Waals surface area contributed by atoms with Gasteiger partial charge in [-0.2, -0.15) is 0 Å².